The fraction of sp³-hybridized carbons (Fsp3) is 0.333. The zero-order chi connectivity index (χ0) is 24.7. The Morgan fingerprint density at radius 2 is 1.56 bits per heavy atom. The van der Waals surface area contributed by atoms with Crippen LogP contribution >= 0.6 is 0 Å². The summed E-state index contributed by atoms with van der Waals surface area (Å²) in [5, 5.41) is 10.6. The number of ether oxygens (including phenoxy) is 2. The van der Waals surface area contributed by atoms with E-state index in [0.717, 1.165) is 6.08 Å². The zero-order valence-corrected chi connectivity index (χ0v) is 15.9. The second-order valence-corrected chi connectivity index (χ2v) is 5.95. The summed E-state index contributed by atoms with van der Waals surface area (Å²) >= 11 is 0. The Bertz CT molecular complexity index is 863. The van der Waals surface area contributed by atoms with E-state index in [2.05, 4.69) is 16.1 Å². The number of carboxylic acid groups (broad SMARTS) is 1. The third-order valence-electron chi connectivity index (χ3n) is 3.62. The largest absolute Gasteiger partial charge is 0.481 e. The first-order valence-corrected chi connectivity index (χ1v) is 8.41. The standard InChI is InChI=1S/C18H15F6NO7/c1-2-6-31-16(30)25-11(7-13(27)28)12(26)8-32-15(29)14-9(17(19,20)21)4-3-5-10(14)18(22,23)24/h2-5,11H,1,6-8H2,(H,25,30)(H,27,28)/t11-/m0/s1. The minimum absolute atomic E-state index is 0.220. The van der Waals surface area contributed by atoms with E-state index in [0.29, 0.717) is 6.07 Å². The summed E-state index contributed by atoms with van der Waals surface area (Å²) in [7, 11) is 0. The number of halogens is 6. The molecule has 0 heterocycles. The number of rotatable bonds is 9. The quantitative estimate of drug-likeness (QED) is 0.323. The fourth-order valence-electron chi connectivity index (χ4n) is 2.29. The molecule has 0 saturated heterocycles. The van der Waals surface area contributed by atoms with Crippen LogP contribution in [0.15, 0.2) is 30.9 Å². The Balaban J connectivity index is 3.11. The Kier molecular flexibility index (Phi) is 8.79. The first-order valence-electron chi connectivity index (χ1n) is 8.41. The molecule has 0 aliphatic carbocycles. The van der Waals surface area contributed by atoms with Gasteiger partial charge in [-0.1, -0.05) is 18.7 Å². The van der Waals surface area contributed by atoms with Gasteiger partial charge in [-0.25, -0.2) is 9.59 Å². The van der Waals surface area contributed by atoms with Crippen molar-refractivity contribution in [2.75, 3.05) is 13.2 Å². The Hall–Kier alpha value is -3.58. The first kappa shape index (κ1) is 26.5. The molecule has 32 heavy (non-hydrogen) atoms. The third-order valence-corrected chi connectivity index (χ3v) is 3.62. The molecular formula is C18H15F6NO7. The molecule has 0 radical (unpaired) electrons. The number of amides is 1. The van der Waals surface area contributed by atoms with Gasteiger partial charge in [-0.05, 0) is 12.1 Å². The van der Waals surface area contributed by atoms with Crippen molar-refractivity contribution in [2.45, 2.75) is 24.8 Å². The number of alkyl halides is 6. The van der Waals surface area contributed by atoms with Gasteiger partial charge in [-0.2, -0.15) is 26.3 Å². The highest BCUT2D eigenvalue weighted by Crippen LogP contribution is 2.39. The first-order chi connectivity index (χ1) is 14.7. The molecule has 0 aliphatic rings. The van der Waals surface area contributed by atoms with E-state index in [9.17, 15) is 45.5 Å². The molecule has 2 N–H and O–H groups in total. The van der Waals surface area contributed by atoms with Gasteiger partial charge in [0.15, 0.2) is 12.4 Å². The van der Waals surface area contributed by atoms with Crippen LogP contribution in [0.1, 0.15) is 27.9 Å². The molecular weight excluding hydrogens is 456 g/mol. The highest BCUT2D eigenvalue weighted by molar-refractivity contribution is 5.97. The average molecular weight is 471 g/mol. The summed E-state index contributed by atoms with van der Waals surface area (Å²) in [4.78, 5) is 46.5. The van der Waals surface area contributed by atoms with Crippen LogP contribution in [0, 0.1) is 0 Å². The number of hydrogen-bond acceptors (Lipinski definition) is 6. The van der Waals surface area contributed by atoms with Gasteiger partial charge in [0.25, 0.3) is 0 Å². The second-order valence-electron chi connectivity index (χ2n) is 5.95. The summed E-state index contributed by atoms with van der Waals surface area (Å²) in [5.41, 5.74) is -5.76. The lowest BCUT2D eigenvalue weighted by atomic mass is 10.00. The number of hydrogen-bond donors (Lipinski definition) is 2. The molecule has 1 aromatic carbocycles. The highest BCUT2D eigenvalue weighted by atomic mass is 19.4. The van der Waals surface area contributed by atoms with E-state index in [1.165, 1.54) is 0 Å². The molecule has 1 atom stereocenters. The van der Waals surface area contributed by atoms with Crippen LogP contribution in [-0.4, -0.2) is 48.2 Å². The van der Waals surface area contributed by atoms with E-state index in [1.807, 2.05) is 5.32 Å². The summed E-state index contributed by atoms with van der Waals surface area (Å²) in [6.45, 7) is 1.49. The molecule has 1 amide bonds. The van der Waals surface area contributed by atoms with Gasteiger partial charge >= 0.3 is 30.4 Å². The second kappa shape index (κ2) is 10.6. The molecule has 0 aliphatic heterocycles. The van der Waals surface area contributed by atoms with Crippen molar-refractivity contribution in [2.24, 2.45) is 0 Å². The van der Waals surface area contributed by atoms with Crippen LogP contribution < -0.4 is 5.32 Å². The highest BCUT2D eigenvalue weighted by Gasteiger charge is 2.43. The molecule has 14 heteroatoms. The lowest BCUT2D eigenvalue weighted by Gasteiger charge is -2.18. The van der Waals surface area contributed by atoms with E-state index in [1.54, 1.807) is 0 Å². The van der Waals surface area contributed by atoms with Gasteiger partial charge in [-0.3, -0.25) is 9.59 Å². The number of aliphatic carboxylic acids is 1. The molecule has 0 unspecified atom stereocenters. The van der Waals surface area contributed by atoms with E-state index < -0.39 is 71.9 Å². The van der Waals surface area contributed by atoms with Crippen molar-refractivity contribution in [1.29, 1.82) is 0 Å². The Morgan fingerprint density at radius 3 is 2.00 bits per heavy atom. The zero-order valence-electron chi connectivity index (χ0n) is 15.9. The lowest BCUT2D eigenvalue weighted by Crippen LogP contribution is -2.44. The monoisotopic (exact) mass is 471 g/mol. The number of alkyl carbamates (subject to hydrolysis) is 1. The number of carbonyl (C=O) groups excluding carboxylic acids is 3. The Labute approximate surface area is 175 Å². The van der Waals surface area contributed by atoms with E-state index >= 15 is 0 Å². The molecule has 0 spiro atoms. The number of ketones is 1. The van der Waals surface area contributed by atoms with Crippen molar-refractivity contribution < 1.29 is 60.1 Å². The van der Waals surface area contributed by atoms with Crippen LogP contribution in [0.4, 0.5) is 31.1 Å². The smallest absolute Gasteiger partial charge is 0.417 e. The SMILES string of the molecule is C=CCOC(=O)N[C@@H](CC(=O)O)C(=O)COC(=O)c1c(C(F)(F)F)cccc1C(F)(F)F. The number of nitrogens with one attached hydrogen (secondary N) is 1. The van der Waals surface area contributed by atoms with Crippen molar-refractivity contribution >= 4 is 23.8 Å². The van der Waals surface area contributed by atoms with Crippen LogP contribution in [-0.2, 0) is 31.4 Å². The van der Waals surface area contributed by atoms with Crippen molar-refractivity contribution in [1.82, 2.24) is 5.32 Å². The molecule has 0 saturated carbocycles. The number of esters is 1. The number of carbonyl (C=O) groups is 4. The predicted molar refractivity (Wildman–Crippen MR) is 92.5 cm³/mol. The third kappa shape index (κ3) is 7.59. The van der Waals surface area contributed by atoms with Gasteiger partial charge in [0.05, 0.1) is 23.1 Å². The summed E-state index contributed by atoms with van der Waals surface area (Å²) < 4.78 is 87.5. The van der Waals surface area contributed by atoms with E-state index in [-0.39, 0.29) is 18.7 Å². The number of carboxylic acids is 1. The van der Waals surface area contributed by atoms with Crippen molar-refractivity contribution in [3.63, 3.8) is 0 Å². The predicted octanol–water partition coefficient (Wildman–Crippen LogP) is 3.21. The minimum atomic E-state index is -5.36. The molecule has 8 nitrogen and oxygen atoms in total. The maximum Gasteiger partial charge on any atom is 0.417 e. The van der Waals surface area contributed by atoms with Gasteiger partial charge < -0.3 is 19.9 Å². The van der Waals surface area contributed by atoms with Crippen LogP contribution in [0.25, 0.3) is 0 Å². The maximum atomic E-state index is 13.1. The topological polar surface area (TPSA) is 119 Å². The molecule has 0 bridgehead atoms. The van der Waals surface area contributed by atoms with Gasteiger partial charge in [0, 0.05) is 0 Å². The van der Waals surface area contributed by atoms with Gasteiger partial charge in [0.2, 0.25) is 0 Å². The lowest BCUT2D eigenvalue weighted by molar-refractivity contribution is -0.144. The van der Waals surface area contributed by atoms with Crippen LogP contribution in [0.2, 0.25) is 0 Å². The summed E-state index contributed by atoms with van der Waals surface area (Å²) in [6.07, 6.45) is -11.9. The molecule has 1 aromatic rings. The van der Waals surface area contributed by atoms with Crippen molar-refractivity contribution in [3.8, 4) is 0 Å². The van der Waals surface area contributed by atoms with Crippen LogP contribution in [0.3, 0.4) is 0 Å². The van der Waals surface area contributed by atoms with Crippen molar-refractivity contribution in [3.05, 3.63) is 47.5 Å². The molecule has 0 aromatic heterocycles. The Morgan fingerprint density at radius 1 is 1.03 bits per heavy atom. The number of benzene rings is 1. The molecule has 1 rings (SSSR count). The van der Waals surface area contributed by atoms with Crippen LogP contribution in [0.5, 0.6) is 0 Å². The maximum absolute atomic E-state index is 13.1. The molecule has 0 fully saturated rings. The van der Waals surface area contributed by atoms with Gasteiger partial charge in [0.1, 0.15) is 12.6 Å². The average Bonchev–Trinajstić information content (AvgIpc) is 2.67. The van der Waals surface area contributed by atoms with E-state index in [4.69, 9.17) is 5.11 Å². The minimum Gasteiger partial charge on any atom is -0.481 e. The summed E-state index contributed by atoms with van der Waals surface area (Å²) in [5.74, 6) is -5.04. The summed E-state index contributed by atoms with van der Waals surface area (Å²) in [6, 6.07) is -0.969. The number of Topliss-reactive ketones (excluding diaryl/α,β-unsaturated/α-hetero) is 1. The van der Waals surface area contributed by atoms with Gasteiger partial charge in [-0.15, -0.1) is 0 Å². The molecule has 176 valence electrons. The normalized spacial score (nSPS) is 12.4. The fourth-order valence-corrected chi connectivity index (χ4v) is 2.29.